The lowest BCUT2D eigenvalue weighted by Gasteiger charge is -2.38. The fourth-order valence-electron chi connectivity index (χ4n) is 4.20. The number of hydrogen-bond donors (Lipinski definition) is 2. The van der Waals surface area contributed by atoms with Crippen molar-refractivity contribution in [3.8, 4) is 0 Å². The van der Waals surface area contributed by atoms with Crippen LogP contribution >= 0.6 is 0 Å². The second-order valence-electron chi connectivity index (χ2n) is 8.37. The Morgan fingerprint density at radius 3 is 2.29 bits per heavy atom. The molecule has 2 N–H and O–H groups in total. The molecule has 0 aliphatic carbocycles. The lowest BCUT2D eigenvalue weighted by molar-refractivity contribution is -0.144. The minimum Gasteiger partial charge on any atom is -0.481 e. The predicted molar refractivity (Wildman–Crippen MR) is 119 cm³/mol. The number of amides is 2. The molecular formula is C24H36N2O5. The smallest absolute Gasteiger partial charge is 0.326 e. The lowest BCUT2D eigenvalue weighted by atomic mass is 9.94. The van der Waals surface area contributed by atoms with Gasteiger partial charge in [0.15, 0.2) is 0 Å². The molecule has 0 saturated carbocycles. The van der Waals surface area contributed by atoms with Crippen LogP contribution in [0.25, 0.3) is 0 Å². The molecule has 0 aromatic heterocycles. The summed E-state index contributed by atoms with van der Waals surface area (Å²) in [7, 11) is 0. The maximum Gasteiger partial charge on any atom is 0.326 e. The molecular weight excluding hydrogens is 396 g/mol. The third-order valence-corrected chi connectivity index (χ3v) is 6.13. The first kappa shape index (κ1) is 24.7. The molecule has 0 fully saturated rings. The van der Waals surface area contributed by atoms with Crippen molar-refractivity contribution in [2.24, 2.45) is 5.92 Å². The van der Waals surface area contributed by atoms with E-state index in [1.165, 1.54) is 29.1 Å². The number of rotatable bonds is 12. The van der Waals surface area contributed by atoms with Crippen molar-refractivity contribution in [2.75, 3.05) is 13.1 Å². The third kappa shape index (κ3) is 6.97. The Morgan fingerprint density at radius 1 is 1.03 bits per heavy atom. The standard InChI is InChI=1S/C24H36N2O5/c1-3-5-6-7-8-9-14-20(22(27)28)16-25(4-2)24(31)26-17-19-13-11-10-12-18(19)15-21(26)23(29)30/h10-13,20-21H,3-9,14-17H2,1-2H3,(H,27,28)(H,29,30)/t20-,21+/m1/s1. The number of aliphatic carboxylic acids is 2. The van der Waals surface area contributed by atoms with E-state index >= 15 is 0 Å². The van der Waals surface area contributed by atoms with Gasteiger partial charge in [-0.1, -0.05) is 69.7 Å². The number of carbonyl (C=O) groups excluding carboxylic acids is 1. The highest BCUT2D eigenvalue weighted by Gasteiger charge is 2.37. The van der Waals surface area contributed by atoms with Crippen LogP contribution in [-0.4, -0.2) is 57.1 Å². The average molecular weight is 433 g/mol. The van der Waals surface area contributed by atoms with Gasteiger partial charge in [0.2, 0.25) is 0 Å². The Bertz CT molecular complexity index is 751. The van der Waals surface area contributed by atoms with Crippen molar-refractivity contribution in [3.63, 3.8) is 0 Å². The molecule has 0 saturated heterocycles. The van der Waals surface area contributed by atoms with Crippen LogP contribution in [0.5, 0.6) is 0 Å². The minimum atomic E-state index is -1.04. The first-order valence-electron chi connectivity index (χ1n) is 11.5. The number of urea groups is 1. The van der Waals surface area contributed by atoms with Crippen LogP contribution in [0.3, 0.4) is 0 Å². The van der Waals surface area contributed by atoms with Gasteiger partial charge >= 0.3 is 18.0 Å². The van der Waals surface area contributed by atoms with E-state index in [1.807, 2.05) is 24.3 Å². The van der Waals surface area contributed by atoms with E-state index < -0.39 is 29.9 Å². The van der Waals surface area contributed by atoms with Crippen molar-refractivity contribution in [3.05, 3.63) is 35.4 Å². The number of nitrogens with zero attached hydrogens (tertiary/aromatic N) is 2. The van der Waals surface area contributed by atoms with E-state index in [0.29, 0.717) is 13.0 Å². The van der Waals surface area contributed by atoms with Crippen molar-refractivity contribution >= 4 is 18.0 Å². The van der Waals surface area contributed by atoms with Gasteiger partial charge in [0.25, 0.3) is 0 Å². The summed E-state index contributed by atoms with van der Waals surface area (Å²) >= 11 is 0. The van der Waals surface area contributed by atoms with E-state index in [2.05, 4.69) is 6.92 Å². The molecule has 1 aromatic carbocycles. The van der Waals surface area contributed by atoms with E-state index in [9.17, 15) is 24.6 Å². The van der Waals surface area contributed by atoms with Gasteiger partial charge in [-0.05, 0) is 24.5 Å². The molecule has 2 amide bonds. The average Bonchev–Trinajstić information content (AvgIpc) is 2.76. The molecule has 1 aromatic rings. The van der Waals surface area contributed by atoms with E-state index in [0.717, 1.165) is 30.4 Å². The van der Waals surface area contributed by atoms with E-state index in [1.54, 1.807) is 6.92 Å². The molecule has 7 nitrogen and oxygen atoms in total. The van der Waals surface area contributed by atoms with Gasteiger partial charge < -0.3 is 20.0 Å². The molecule has 1 heterocycles. The van der Waals surface area contributed by atoms with Gasteiger partial charge in [-0.3, -0.25) is 4.79 Å². The van der Waals surface area contributed by atoms with Gasteiger partial charge in [-0.2, -0.15) is 0 Å². The summed E-state index contributed by atoms with van der Waals surface area (Å²) < 4.78 is 0. The molecule has 2 rings (SSSR count). The van der Waals surface area contributed by atoms with Crippen molar-refractivity contribution in [1.29, 1.82) is 0 Å². The van der Waals surface area contributed by atoms with E-state index in [4.69, 9.17) is 0 Å². The first-order chi connectivity index (χ1) is 14.9. The highest BCUT2D eigenvalue weighted by molar-refractivity contribution is 5.84. The van der Waals surface area contributed by atoms with Gasteiger partial charge in [-0.25, -0.2) is 9.59 Å². The number of carboxylic acids is 2. The van der Waals surface area contributed by atoms with Crippen LogP contribution in [0, 0.1) is 5.92 Å². The predicted octanol–water partition coefficient (Wildman–Crippen LogP) is 4.39. The Hall–Kier alpha value is -2.57. The summed E-state index contributed by atoms with van der Waals surface area (Å²) in [5.74, 6) is -2.59. The maximum absolute atomic E-state index is 13.3. The molecule has 172 valence electrons. The maximum atomic E-state index is 13.3. The lowest BCUT2D eigenvalue weighted by Crippen LogP contribution is -2.54. The number of unbranched alkanes of at least 4 members (excludes halogenated alkanes) is 5. The fraction of sp³-hybridized carbons (Fsp3) is 0.625. The van der Waals surface area contributed by atoms with Crippen LogP contribution in [0.1, 0.15) is 69.9 Å². The Kier molecular flexibility index (Phi) is 9.82. The summed E-state index contributed by atoms with van der Waals surface area (Å²) in [5, 5.41) is 19.4. The van der Waals surface area contributed by atoms with Crippen molar-refractivity contribution in [1.82, 2.24) is 9.80 Å². The molecule has 1 aliphatic rings. The SMILES string of the molecule is CCCCCCCC[C@H](CN(CC)C(=O)N1Cc2ccccc2C[C@H]1C(=O)O)C(=O)O. The molecule has 7 heteroatoms. The molecule has 1 aliphatic heterocycles. The largest absolute Gasteiger partial charge is 0.481 e. The molecule has 0 spiro atoms. The van der Waals surface area contributed by atoms with E-state index in [-0.39, 0.29) is 19.5 Å². The third-order valence-electron chi connectivity index (χ3n) is 6.13. The number of benzene rings is 1. The highest BCUT2D eigenvalue weighted by atomic mass is 16.4. The molecule has 0 bridgehead atoms. The summed E-state index contributed by atoms with van der Waals surface area (Å²) in [6.07, 6.45) is 7.24. The molecule has 0 unspecified atom stereocenters. The Balaban J connectivity index is 2.04. The van der Waals surface area contributed by atoms with Crippen LogP contribution in [0.15, 0.2) is 24.3 Å². The first-order valence-corrected chi connectivity index (χ1v) is 11.5. The zero-order valence-electron chi connectivity index (χ0n) is 18.8. The van der Waals surface area contributed by atoms with Crippen LogP contribution < -0.4 is 0 Å². The summed E-state index contributed by atoms with van der Waals surface area (Å²) in [5.41, 5.74) is 1.87. The quantitative estimate of drug-likeness (QED) is 0.477. The molecule has 0 radical (unpaired) electrons. The summed E-state index contributed by atoms with van der Waals surface area (Å²) in [6, 6.07) is 6.19. The second kappa shape index (κ2) is 12.3. The van der Waals surface area contributed by atoms with Gasteiger partial charge in [0, 0.05) is 26.1 Å². The van der Waals surface area contributed by atoms with Crippen LogP contribution in [-0.2, 0) is 22.6 Å². The molecule has 2 atom stereocenters. The Morgan fingerprint density at radius 2 is 1.68 bits per heavy atom. The van der Waals surface area contributed by atoms with Gasteiger partial charge in [0.05, 0.1) is 5.92 Å². The number of carbonyl (C=O) groups is 3. The zero-order valence-corrected chi connectivity index (χ0v) is 18.8. The monoisotopic (exact) mass is 432 g/mol. The molecule has 31 heavy (non-hydrogen) atoms. The zero-order chi connectivity index (χ0) is 22.8. The number of carboxylic acid groups (broad SMARTS) is 2. The number of fused-ring (bicyclic) bond motifs is 1. The van der Waals surface area contributed by atoms with Crippen LogP contribution in [0.4, 0.5) is 4.79 Å². The fourth-order valence-corrected chi connectivity index (χ4v) is 4.20. The minimum absolute atomic E-state index is 0.101. The normalized spacial score (nSPS) is 16.5. The van der Waals surface area contributed by atoms with Crippen molar-refractivity contribution in [2.45, 2.75) is 77.8 Å². The summed E-state index contributed by atoms with van der Waals surface area (Å²) in [4.78, 5) is 39.8. The van der Waals surface area contributed by atoms with Gasteiger partial charge in [-0.15, -0.1) is 0 Å². The number of hydrogen-bond acceptors (Lipinski definition) is 3. The van der Waals surface area contributed by atoms with Crippen LogP contribution in [0.2, 0.25) is 0 Å². The second-order valence-corrected chi connectivity index (χ2v) is 8.37. The van der Waals surface area contributed by atoms with Crippen molar-refractivity contribution < 1.29 is 24.6 Å². The highest BCUT2D eigenvalue weighted by Crippen LogP contribution is 2.25. The summed E-state index contributed by atoms with van der Waals surface area (Å²) in [6.45, 7) is 4.62. The topological polar surface area (TPSA) is 98.2 Å². The van der Waals surface area contributed by atoms with Gasteiger partial charge in [0.1, 0.15) is 6.04 Å². The Labute approximate surface area is 185 Å².